The smallest absolute Gasteiger partial charge is 0.224 e. The zero-order chi connectivity index (χ0) is 17.5. The van der Waals surface area contributed by atoms with E-state index in [9.17, 15) is 9.90 Å². The Morgan fingerprint density at radius 3 is 2.50 bits per heavy atom. The SMILES string of the molecule is Cc1ccccc1C(O)CNC(=O)Cc1ccccc1OC(C)C. The van der Waals surface area contributed by atoms with Crippen molar-refractivity contribution in [3.05, 3.63) is 65.2 Å². The highest BCUT2D eigenvalue weighted by molar-refractivity contribution is 5.79. The Hall–Kier alpha value is -2.33. The van der Waals surface area contributed by atoms with Gasteiger partial charge in [0.15, 0.2) is 0 Å². The van der Waals surface area contributed by atoms with Crippen LogP contribution >= 0.6 is 0 Å². The van der Waals surface area contributed by atoms with Crippen molar-refractivity contribution in [2.45, 2.75) is 39.4 Å². The van der Waals surface area contributed by atoms with E-state index in [4.69, 9.17) is 4.74 Å². The number of benzene rings is 2. The predicted octanol–water partition coefficient (Wildman–Crippen LogP) is 3.17. The second-order valence-electron chi connectivity index (χ2n) is 6.13. The summed E-state index contributed by atoms with van der Waals surface area (Å²) in [6.45, 7) is 6.04. The Morgan fingerprint density at radius 2 is 1.79 bits per heavy atom. The number of aliphatic hydroxyl groups is 1. The van der Waals surface area contributed by atoms with Crippen LogP contribution in [-0.4, -0.2) is 23.7 Å². The van der Waals surface area contributed by atoms with E-state index in [2.05, 4.69) is 5.32 Å². The van der Waals surface area contributed by atoms with Gasteiger partial charge in [-0.25, -0.2) is 0 Å². The molecule has 0 radical (unpaired) electrons. The molecule has 0 aliphatic rings. The fourth-order valence-electron chi connectivity index (χ4n) is 2.54. The van der Waals surface area contributed by atoms with Gasteiger partial charge >= 0.3 is 0 Å². The summed E-state index contributed by atoms with van der Waals surface area (Å²) in [5.41, 5.74) is 2.69. The lowest BCUT2D eigenvalue weighted by molar-refractivity contribution is -0.120. The second-order valence-corrected chi connectivity index (χ2v) is 6.13. The third kappa shape index (κ3) is 5.10. The van der Waals surface area contributed by atoms with E-state index in [0.717, 1.165) is 22.4 Å². The fraction of sp³-hybridized carbons (Fsp3) is 0.350. The van der Waals surface area contributed by atoms with Crippen molar-refractivity contribution in [1.82, 2.24) is 5.32 Å². The quantitative estimate of drug-likeness (QED) is 0.821. The van der Waals surface area contributed by atoms with Crippen molar-refractivity contribution in [2.24, 2.45) is 0 Å². The summed E-state index contributed by atoms with van der Waals surface area (Å²) in [5, 5.41) is 13.0. The first-order chi connectivity index (χ1) is 11.5. The Labute approximate surface area is 143 Å². The molecule has 4 nitrogen and oxygen atoms in total. The maximum Gasteiger partial charge on any atom is 0.224 e. The zero-order valence-corrected chi connectivity index (χ0v) is 14.5. The van der Waals surface area contributed by atoms with Crippen molar-refractivity contribution >= 4 is 5.91 Å². The minimum atomic E-state index is -0.711. The first kappa shape index (κ1) is 18.0. The molecule has 24 heavy (non-hydrogen) atoms. The normalized spacial score (nSPS) is 12.0. The van der Waals surface area contributed by atoms with Gasteiger partial charge in [-0.1, -0.05) is 42.5 Å². The lowest BCUT2D eigenvalue weighted by Gasteiger charge is -2.16. The molecule has 0 saturated heterocycles. The average molecular weight is 327 g/mol. The molecule has 2 N–H and O–H groups in total. The van der Waals surface area contributed by atoms with E-state index in [1.54, 1.807) is 0 Å². The molecule has 1 amide bonds. The molecule has 0 bridgehead atoms. The van der Waals surface area contributed by atoms with Crippen LogP contribution in [0.15, 0.2) is 48.5 Å². The monoisotopic (exact) mass is 327 g/mol. The molecule has 2 aromatic carbocycles. The van der Waals surface area contributed by atoms with Gasteiger partial charge in [0.05, 0.1) is 18.6 Å². The van der Waals surface area contributed by atoms with Gasteiger partial charge in [-0.2, -0.15) is 0 Å². The standard InChI is InChI=1S/C20H25NO3/c1-14(2)24-19-11-7-5-9-16(19)12-20(23)21-13-18(22)17-10-6-4-8-15(17)3/h4-11,14,18,22H,12-13H2,1-3H3,(H,21,23). The molecule has 1 atom stereocenters. The number of amides is 1. The van der Waals surface area contributed by atoms with Crippen molar-refractivity contribution in [2.75, 3.05) is 6.54 Å². The number of nitrogens with one attached hydrogen (secondary N) is 1. The summed E-state index contributed by atoms with van der Waals surface area (Å²) >= 11 is 0. The van der Waals surface area contributed by atoms with E-state index >= 15 is 0 Å². The third-order valence-electron chi connectivity index (χ3n) is 3.73. The Kier molecular flexibility index (Phi) is 6.38. The minimum Gasteiger partial charge on any atom is -0.491 e. The lowest BCUT2D eigenvalue weighted by atomic mass is 10.0. The number of aryl methyl sites for hydroxylation is 1. The van der Waals surface area contributed by atoms with Crippen molar-refractivity contribution in [3.63, 3.8) is 0 Å². The molecule has 0 aliphatic carbocycles. The van der Waals surface area contributed by atoms with Crippen LogP contribution < -0.4 is 10.1 Å². The molecule has 0 spiro atoms. The van der Waals surface area contributed by atoms with Crippen LogP contribution in [0, 0.1) is 6.92 Å². The zero-order valence-electron chi connectivity index (χ0n) is 14.5. The molecular formula is C20H25NO3. The number of rotatable bonds is 7. The van der Waals surface area contributed by atoms with Gasteiger partial charge in [0.1, 0.15) is 5.75 Å². The van der Waals surface area contributed by atoms with E-state index in [-0.39, 0.29) is 25.0 Å². The summed E-state index contributed by atoms with van der Waals surface area (Å²) in [6.07, 6.45) is -0.432. The summed E-state index contributed by atoms with van der Waals surface area (Å²) in [6, 6.07) is 15.2. The first-order valence-corrected chi connectivity index (χ1v) is 8.22. The number of carbonyl (C=O) groups is 1. The van der Waals surface area contributed by atoms with Crippen molar-refractivity contribution in [3.8, 4) is 5.75 Å². The molecule has 0 aromatic heterocycles. The van der Waals surface area contributed by atoms with Gasteiger partial charge < -0.3 is 15.2 Å². The summed E-state index contributed by atoms with van der Waals surface area (Å²) in [5.74, 6) is 0.588. The third-order valence-corrected chi connectivity index (χ3v) is 3.73. The molecule has 0 heterocycles. The van der Waals surface area contributed by atoms with E-state index in [1.807, 2.05) is 69.3 Å². The number of para-hydroxylation sites is 1. The fourth-order valence-corrected chi connectivity index (χ4v) is 2.54. The number of hydrogen-bond donors (Lipinski definition) is 2. The highest BCUT2D eigenvalue weighted by Gasteiger charge is 2.13. The van der Waals surface area contributed by atoms with Crippen LogP contribution in [0.2, 0.25) is 0 Å². The Balaban J connectivity index is 1.93. The maximum atomic E-state index is 12.2. The lowest BCUT2D eigenvalue weighted by Crippen LogP contribution is -2.30. The van der Waals surface area contributed by atoms with Gasteiger partial charge in [-0.05, 0) is 38.0 Å². The van der Waals surface area contributed by atoms with Gasteiger partial charge in [0.25, 0.3) is 0 Å². The van der Waals surface area contributed by atoms with Crippen molar-refractivity contribution < 1.29 is 14.6 Å². The van der Waals surface area contributed by atoms with Crippen LogP contribution in [0.3, 0.4) is 0 Å². The molecule has 1 unspecified atom stereocenters. The number of ether oxygens (including phenoxy) is 1. The topological polar surface area (TPSA) is 58.6 Å². The molecule has 0 fully saturated rings. The van der Waals surface area contributed by atoms with Crippen LogP contribution in [-0.2, 0) is 11.2 Å². The van der Waals surface area contributed by atoms with Crippen LogP contribution in [0.4, 0.5) is 0 Å². The Morgan fingerprint density at radius 1 is 1.12 bits per heavy atom. The molecule has 2 aromatic rings. The highest BCUT2D eigenvalue weighted by Crippen LogP contribution is 2.20. The molecule has 0 aliphatic heterocycles. The summed E-state index contributed by atoms with van der Waals surface area (Å²) in [4.78, 5) is 12.2. The van der Waals surface area contributed by atoms with Gasteiger partial charge in [-0.3, -0.25) is 4.79 Å². The van der Waals surface area contributed by atoms with Crippen molar-refractivity contribution in [1.29, 1.82) is 0 Å². The first-order valence-electron chi connectivity index (χ1n) is 8.22. The number of aliphatic hydroxyl groups excluding tert-OH is 1. The second kappa shape index (κ2) is 8.50. The van der Waals surface area contributed by atoms with E-state index < -0.39 is 6.10 Å². The summed E-state index contributed by atoms with van der Waals surface area (Å²) < 4.78 is 5.73. The maximum absolute atomic E-state index is 12.2. The van der Waals surface area contributed by atoms with E-state index in [1.165, 1.54) is 0 Å². The van der Waals surface area contributed by atoms with E-state index in [0.29, 0.717) is 0 Å². The van der Waals surface area contributed by atoms with Crippen LogP contribution in [0.25, 0.3) is 0 Å². The number of carbonyl (C=O) groups excluding carboxylic acids is 1. The molecule has 0 saturated carbocycles. The molecule has 128 valence electrons. The predicted molar refractivity (Wildman–Crippen MR) is 95.1 cm³/mol. The highest BCUT2D eigenvalue weighted by atomic mass is 16.5. The van der Waals surface area contributed by atoms with Gasteiger partial charge in [-0.15, -0.1) is 0 Å². The largest absolute Gasteiger partial charge is 0.491 e. The van der Waals surface area contributed by atoms with Gasteiger partial charge in [0, 0.05) is 12.1 Å². The summed E-state index contributed by atoms with van der Waals surface area (Å²) in [7, 11) is 0. The molecule has 4 heteroatoms. The Bertz CT molecular complexity index is 682. The number of hydrogen-bond acceptors (Lipinski definition) is 3. The van der Waals surface area contributed by atoms with Crippen LogP contribution in [0.5, 0.6) is 5.75 Å². The molecule has 2 rings (SSSR count). The van der Waals surface area contributed by atoms with Gasteiger partial charge in [0.2, 0.25) is 5.91 Å². The van der Waals surface area contributed by atoms with Crippen LogP contribution in [0.1, 0.15) is 36.6 Å². The minimum absolute atomic E-state index is 0.0529. The average Bonchev–Trinajstić information content (AvgIpc) is 2.54. The molecular weight excluding hydrogens is 302 g/mol.